The van der Waals surface area contributed by atoms with Gasteiger partial charge in [-0.15, -0.1) is 24.0 Å². The molecule has 0 aromatic heterocycles. The molecule has 2 bridgehead atoms. The van der Waals surface area contributed by atoms with Crippen LogP contribution < -0.4 is 5.32 Å². The van der Waals surface area contributed by atoms with Gasteiger partial charge in [-0.05, 0) is 25.7 Å². The molecule has 1 spiro atoms. The average Bonchev–Trinajstić information content (AvgIpc) is 2.37. The molecular formula is C7H13IN2. The van der Waals surface area contributed by atoms with Gasteiger partial charge in [0.1, 0.15) is 0 Å². The summed E-state index contributed by atoms with van der Waals surface area (Å²) >= 11 is 0. The van der Waals surface area contributed by atoms with Crippen molar-refractivity contribution in [3.05, 3.63) is 0 Å². The second kappa shape index (κ2) is 2.08. The topological polar surface area (TPSA) is 15.3 Å². The maximum absolute atomic E-state index is 3.62. The number of hydrogen-bond donors (Lipinski definition) is 1. The van der Waals surface area contributed by atoms with Crippen LogP contribution in [0.3, 0.4) is 0 Å². The van der Waals surface area contributed by atoms with Crippen LogP contribution in [0, 0.1) is 0 Å². The molecule has 0 aromatic rings. The largest absolute Gasteiger partial charge is 0.283 e. The maximum Gasteiger partial charge on any atom is 0.0738 e. The van der Waals surface area contributed by atoms with Crippen LogP contribution in [0.4, 0.5) is 0 Å². The Bertz CT molecular complexity index is 152. The first kappa shape index (κ1) is 7.31. The van der Waals surface area contributed by atoms with Crippen molar-refractivity contribution in [2.45, 2.75) is 37.5 Å². The van der Waals surface area contributed by atoms with Crippen LogP contribution in [-0.2, 0) is 0 Å². The van der Waals surface area contributed by atoms with Crippen molar-refractivity contribution in [2.75, 3.05) is 6.54 Å². The molecule has 4 rings (SSSR count). The first-order valence-electron chi connectivity index (χ1n) is 3.95. The molecule has 3 heteroatoms. The third-order valence-corrected chi connectivity index (χ3v) is 3.18. The predicted molar refractivity (Wildman–Crippen MR) is 50.2 cm³/mol. The minimum absolute atomic E-state index is 0. The molecule has 2 atom stereocenters. The van der Waals surface area contributed by atoms with E-state index in [1.807, 2.05) is 0 Å². The van der Waals surface area contributed by atoms with Gasteiger partial charge in [0.05, 0.1) is 11.8 Å². The summed E-state index contributed by atoms with van der Waals surface area (Å²) in [6, 6.07) is 0. The Morgan fingerprint density at radius 1 is 1.40 bits per heavy atom. The summed E-state index contributed by atoms with van der Waals surface area (Å²) in [7, 11) is 0. The number of halogens is 1. The molecule has 0 saturated carbocycles. The highest BCUT2D eigenvalue weighted by Crippen LogP contribution is 2.47. The van der Waals surface area contributed by atoms with E-state index < -0.39 is 0 Å². The normalized spacial score (nSPS) is 49.8. The number of rotatable bonds is 0. The summed E-state index contributed by atoms with van der Waals surface area (Å²) in [4.78, 5) is 2.65. The Kier molecular flexibility index (Phi) is 1.52. The third-order valence-electron chi connectivity index (χ3n) is 3.18. The highest BCUT2D eigenvalue weighted by atomic mass is 127. The van der Waals surface area contributed by atoms with Crippen LogP contribution in [0.25, 0.3) is 0 Å². The quantitative estimate of drug-likeness (QED) is 0.650. The van der Waals surface area contributed by atoms with Gasteiger partial charge in [0.15, 0.2) is 0 Å². The second-order valence-electron chi connectivity index (χ2n) is 3.53. The SMILES string of the molecule is C1CN2C3CC[C@@]2(C1)N3.I. The molecule has 4 aliphatic heterocycles. The summed E-state index contributed by atoms with van der Waals surface area (Å²) in [6.45, 7) is 1.36. The minimum atomic E-state index is 0. The van der Waals surface area contributed by atoms with Gasteiger partial charge in [0.2, 0.25) is 0 Å². The Labute approximate surface area is 78.4 Å². The van der Waals surface area contributed by atoms with Gasteiger partial charge < -0.3 is 0 Å². The lowest BCUT2D eigenvalue weighted by atomic mass is 10.1. The molecule has 0 radical (unpaired) electrons. The second-order valence-corrected chi connectivity index (χ2v) is 3.53. The van der Waals surface area contributed by atoms with Crippen molar-refractivity contribution >= 4 is 24.0 Å². The fourth-order valence-electron chi connectivity index (χ4n) is 2.77. The van der Waals surface area contributed by atoms with E-state index in [1.54, 1.807) is 0 Å². The molecule has 4 heterocycles. The van der Waals surface area contributed by atoms with Crippen LogP contribution in [0.5, 0.6) is 0 Å². The van der Waals surface area contributed by atoms with E-state index in [2.05, 4.69) is 10.2 Å². The summed E-state index contributed by atoms with van der Waals surface area (Å²) in [6.07, 6.45) is 6.43. The lowest BCUT2D eigenvalue weighted by Gasteiger charge is -2.47. The van der Waals surface area contributed by atoms with Gasteiger partial charge in [-0.3, -0.25) is 10.2 Å². The van der Waals surface area contributed by atoms with E-state index >= 15 is 0 Å². The van der Waals surface area contributed by atoms with Gasteiger partial charge in [0.25, 0.3) is 0 Å². The van der Waals surface area contributed by atoms with Gasteiger partial charge in [0, 0.05) is 6.54 Å². The first-order chi connectivity index (χ1) is 4.41. The molecule has 1 N–H and O–H groups in total. The van der Waals surface area contributed by atoms with Crippen molar-refractivity contribution in [2.24, 2.45) is 0 Å². The van der Waals surface area contributed by atoms with Gasteiger partial charge in [-0.2, -0.15) is 0 Å². The molecule has 2 nitrogen and oxygen atoms in total. The maximum atomic E-state index is 3.62. The van der Waals surface area contributed by atoms with E-state index in [4.69, 9.17) is 0 Å². The smallest absolute Gasteiger partial charge is 0.0738 e. The Morgan fingerprint density at radius 3 is 3.00 bits per heavy atom. The summed E-state index contributed by atoms with van der Waals surface area (Å²) in [5, 5.41) is 3.62. The molecular weight excluding hydrogens is 239 g/mol. The number of fused-ring (bicyclic) bond motifs is 1. The number of nitrogens with zero attached hydrogens (tertiary/aromatic N) is 1. The number of nitrogens with one attached hydrogen (secondary N) is 1. The summed E-state index contributed by atoms with van der Waals surface area (Å²) < 4.78 is 0. The minimum Gasteiger partial charge on any atom is -0.283 e. The van der Waals surface area contributed by atoms with Crippen LogP contribution in [0.2, 0.25) is 0 Å². The van der Waals surface area contributed by atoms with Gasteiger partial charge >= 0.3 is 0 Å². The summed E-state index contributed by atoms with van der Waals surface area (Å²) in [5.41, 5.74) is 0.532. The zero-order valence-corrected chi connectivity index (χ0v) is 8.30. The van der Waals surface area contributed by atoms with Crippen LogP contribution in [0.1, 0.15) is 25.7 Å². The van der Waals surface area contributed by atoms with Gasteiger partial charge in [-0.25, -0.2) is 0 Å². The molecule has 4 aliphatic rings. The Hall–Kier alpha value is 0.650. The lowest BCUT2D eigenvalue weighted by molar-refractivity contribution is -0.0182. The van der Waals surface area contributed by atoms with E-state index in [0.29, 0.717) is 5.66 Å². The molecule has 4 fully saturated rings. The first-order valence-corrected chi connectivity index (χ1v) is 3.95. The highest BCUT2D eigenvalue weighted by Gasteiger charge is 2.58. The van der Waals surface area contributed by atoms with Crippen molar-refractivity contribution in [1.82, 2.24) is 10.2 Å². The molecule has 0 amide bonds. The average molecular weight is 252 g/mol. The Morgan fingerprint density at radius 2 is 2.30 bits per heavy atom. The molecule has 4 saturated heterocycles. The summed E-state index contributed by atoms with van der Waals surface area (Å²) in [5.74, 6) is 0. The monoisotopic (exact) mass is 252 g/mol. The van der Waals surface area contributed by atoms with Crippen LogP contribution >= 0.6 is 24.0 Å². The fraction of sp³-hybridized carbons (Fsp3) is 1.00. The zero-order chi connectivity index (χ0) is 5.90. The predicted octanol–water partition coefficient (Wildman–Crippen LogP) is 1.12. The van der Waals surface area contributed by atoms with E-state index in [0.717, 1.165) is 6.17 Å². The molecule has 1 unspecified atom stereocenters. The third kappa shape index (κ3) is 0.617. The highest BCUT2D eigenvalue weighted by molar-refractivity contribution is 14.0. The van der Waals surface area contributed by atoms with Crippen molar-refractivity contribution < 1.29 is 0 Å². The molecule has 0 aliphatic carbocycles. The molecule has 0 aromatic carbocycles. The van der Waals surface area contributed by atoms with E-state index in [-0.39, 0.29) is 24.0 Å². The van der Waals surface area contributed by atoms with E-state index in [9.17, 15) is 0 Å². The fourth-order valence-corrected chi connectivity index (χ4v) is 2.77. The van der Waals surface area contributed by atoms with Crippen molar-refractivity contribution in [3.63, 3.8) is 0 Å². The van der Waals surface area contributed by atoms with E-state index in [1.165, 1.54) is 32.2 Å². The standard InChI is InChI=1S/C7H12N2.HI/c1-3-7-4-2-6(8-7)9(7)5-1;/h6,8H,1-5H2;1H/t6?,7-;/m0./s1. The van der Waals surface area contributed by atoms with Crippen LogP contribution in [0.15, 0.2) is 0 Å². The van der Waals surface area contributed by atoms with Crippen molar-refractivity contribution in [1.29, 1.82) is 0 Å². The zero-order valence-electron chi connectivity index (χ0n) is 5.97. The van der Waals surface area contributed by atoms with Gasteiger partial charge in [-0.1, -0.05) is 0 Å². The van der Waals surface area contributed by atoms with Crippen LogP contribution in [-0.4, -0.2) is 23.3 Å². The molecule has 10 heavy (non-hydrogen) atoms. The lowest BCUT2D eigenvalue weighted by Crippen LogP contribution is -2.69. The Balaban J connectivity index is 0.000000403. The number of hydrogen-bond acceptors (Lipinski definition) is 2. The molecule has 58 valence electrons. The van der Waals surface area contributed by atoms with Crippen molar-refractivity contribution in [3.8, 4) is 0 Å².